The number of hydroxylamine groups is 2. The zero-order valence-electron chi connectivity index (χ0n) is 14.6. The molecule has 4 heterocycles. The predicted octanol–water partition coefficient (Wildman–Crippen LogP) is -0.499. The van der Waals surface area contributed by atoms with E-state index in [1.807, 2.05) is 4.90 Å². The van der Waals surface area contributed by atoms with Crippen LogP contribution in [0, 0.1) is 0 Å². The lowest BCUT2D eigenvalue weighted by Crippen LogP contribution is -2.54. The monoisotopic (exact) mass is 383 g/mol. The number of hydrogen-bond donors (Lipinski definition) is 3. The van der Waals surface area contributed by atoms with E-state index in [0.717, 1.165) is 25.9 Å². The molecule has 4 rings (SSSR count). The van der Waals surface area contributed by atoms with Gasteiger partial charge in [-0.2, -0.15) is 5.06 Å². The molecule has 4 fully saturated rings. The highest BCUT2D eigenvalue weighted by Crippen LogP contribution is 2.31. The van der Waals surface area contributed by atoms with Crippen LogP contribution < -0.4 is 10.6 Å². The van der Waals surface area contributed by atoms with E-state index < -0.39 is 12.1 Å². The van der Waals surface area contributed by atoms with Gasteiger partial charge in [0.05, 0.1) is 6.04 Å². The molecule has 0 aromatic heterocycles. The Labute approximate surface area is 157 Å². The Morgan fingerprint density at radius 3 is 2.58 bits per heavy atom. The van der Waals surface area contributed by atoms with Crippen molar-refractivity contribution in [3.8, 4) is 0 Å². The van der Waals surface area contributed by atoms with Gasteiger partial charge in [-0.3, -0.25) is 9.59 Å². The Balaban J connectivity index is 1.36. The lowest BCUT2D eigenvalue weighted by atomic mass is 10.00. The number of nitrogens with zero attached hydrogens (tertiary/aromatic N) is 3. The molecule has 4 amide bonds. The number of thiol groups is 1. The van der Waals surface area contributed by atoms with E-state index in [2.05, 4.69) is 23.5 Å². The van der Waals surface area contributed by atoms with Crippen molar-refractivity contribution in [2.75, 3.05) is 26.2 Å². The van der Waals surface area contributed by atoms with Crippen LogP contribution in [0.3, 0.4) is 0 Å². The van der Waals surface area contributed by atoms with Crippen molar-refractivity contribution < 1.29 is 18.7 Å². The van der Waals surface area contributed by atoms with Crippen LogP contribution >= 0.6 is 12.9 Å². The summed E-state index contributed by atoms with van der Waals surface area (Å²) in [6.07, 6.45) is 3.79. The SMILES string of the molecule is O=C(N[C@H]1CCN(C2CCNCC2)C1=O)[C@@H]1CC[C@@H]2CN1C(=O)N2OS. The molecule has 144 valence electrons. The third-order valence-corrected chi connectivity index (χ3v) is 6.20. The number of piperidine rings is 2. The summed E-state index contributed by atoms with van der Waals surface area (Å²) in [7, 11) is 0. The molecule has 0 aromatic carbocycles. The first kappa shape index (κ1) is 17.9. The summed E-state index contributed by atoms with van der Waals surface area (Å²) < 4.78 is 4.84. The third-order valence-electron chi connectivity index (χ3n) is 6.02. The van der Waals surface area contributed by atoms with E-state index >= 15 is 0 Å². The number of hydrogen-bond acceptors (Lipinski definition) is 6. The molecule has 10 heteroatoms. The van der Waals surface area contributed by atoms with Crippen LogP contribution in [0.5, 0.6) is 0 Å². The first-order valence-electron chi connectivity index (χ1n) is 9.33. The molecule has 9 nitrogen and oxygen atoms in total. The van der Waals surface area contributed by atoms with E-state index in [4.69, 9.17) is 4.28 Å². The zero-order valence-corrected chi connectivity index (χ0v) is 15.5. The topological polar surface area (TPSA) is 94.2 Å². The molecule has 0 saturated carbocycles. The first-order chi connectivity index (χ1) is 12.6. The fourth-order valence-corrected chi connectivity index (χ4v) is 4.80. The second-order valence-electron chi connectivity index (χ2n) is 7.45. The van der Waals surface area contributed by atoms with Gasteiger partial charge in [0.15, 0.2) is 0 Å². The molecular weight excluding hydrogens is 358 g/mol. The van der Waals surface area contributed by atoms with Gasteiger partial charge in [-0.1, -0.05) is 0 Å². The fraction of sp³-hybridized carbons (Fsp3) is 0.812. The summed E-state index contributed by atoms with van der Waals surface area (Å²) in [6, 6.07) is -1.16. The van der Waals surface area contributed by atoms with Crippen LogP contribution in [0.15, 0.2) is 0 Å². The Bertz CT molecular complexity index is 599. The number of urea groups is 1. The highest BCUT2D eigenvalue weighted by Gasteiger charge is 2.48. The van der Waals surface area contributed by atoms with Crippen LogP contribution in [0.1, 0.15) is 32.1 Å². The van der Waals surface area contributed by atoms with E-state index in [0.29, 0.717) is 32.4 Å². The van der Waals surface area contributed by atoms with Gasteiger partial charge in [0.25, 0.3) is 0 Å². The third kappa shape index (κ3) is 3.03. The van der Waals surface area contributed by atoms with Crippen molar-refractivity contribution in [2.45, 2.75) is 56.3 Å². The molecule has 0 radical (unpaired) electrons. The maximum Gasteiger partial charge on any atom is 0.345 e. The molecule has 3 atom stereocenters. The predicted molar refractivity (Wildman–Crippen MR) is 95.0 cm³/mol. The minimum absolute atomic E-state index is 0.00648. The number of rotatable bonds is 4. The van der Waals surface area contributed by atoms with Crippen molar-refractivity contribution in [3.63, 3.8) is 0 Å². The van der Waals surface area contributed by atoms with Gasteiger partial charge in [-0.25, -0.2) is 9.08 Å². The Morgan fingerprint density at radius 1 is 1.08 bits per heavy atom. The molecule has 0 aromatic rings. The van der Waals surface area contributed by atoms with E-state index in [1.54, 1.807) is 0 Å². The quantitative estimate of drug-likeness (QED) is 0.450. The summed E-state index contributed by atoms with van der Waals surface area (Å²) in [5.41, 5.74) is 0. The smallest absolute Gasteiger partial charge is 0.342 e. The molecule has 4 saturated heterocycles. The highest BCUT2D eigenvalue weighted by molar-refractivity contribution is 7.75. The molecule has 0 spiro atoms. The Morgan fingerprint density at radius 2 is 1.85 bits per heavy atom. The van der Waals surface area contributed by atoms with E-state index in [-0.39, 0.29) is 29.9 Å². The lowest BCUT2D eigenvalue weighted by molar-refractivity contribution is -0.135. The number of fused-ring (bicyclic) bond motifs is 2. The van der Waals surface area contributed by atoms with Gasteiger partial charge in [-0.15, -0.1) is 0 Å². The zero-order chi connectivity index (χ0) is 18.3. The van der Waals surface area contributed by atoms with Crippen molar-refractivity contribution in [1.29, 1.82) is 0 Å². The van der Waals surface area contributed by atoms with Crippen molar-refractivity contribution in [1.82, 2.24) is 25.5 Å². The molecular formula is C16H25N5O4S. The van der Waals surface area contributed by atoms with Crippen molar-refractivity contribution in [3.05, 3.63) is 0 Å². The number of nitrogens with one attached hydrogen (secondary N) is 2. The maximum atomic E-state index is 12.7. The molecule has 2 N–H and O–H groups in total. The van der Waals surface area contributed by atoms with Crippen LogP contribution in [0.2, 0.25) is 0 Å². The molecule has 0 unspecified atom stereocenters. The Kier molecular flexibility index (Phi) is 4.98. The van der Waals surface area contributed by atoms with Gasteiger partial charge in [-0.05, 0) is 45.2 Å². The van der Waals surface area contributed by atoms with Crippen molar-refractivity contribution >= 4 is 30.8 Å². The second-order valence-corrected chi connectivity index (χ2v) is 7.62. The normalized spacial score (nSPS) is 32.5. The van der Waals surface area contributed by atoms with E-state index in [1.165, 1.54) is 9.96 Å². The molecule has 4 aliphatic heterocycles. The van der Waals surface area contributed by atoms with Crippen LogP contribution in [0.25, 0.3) is 0 Å². The molecule has 4 aliphatic rings. The van der Waals surface area contributed by atoms with Gasteiger partial charge < -0.3 is 20.4 Å². The number of carbonyl (C=O) groups is 3. The number of likely N-dealkylation sites (tertiary alicyclic amines) is 1. The van der Waals surface area contributed by atoms with Crippen LogP contribution in [-0.4, -0.2) is 83.1 Å². The number of carbonyl (C=O) groups excluding carboxylic acids is 3. The van der Waals surface area contributed by atoms with Crippen LogP contribution in [-0.2, 0) is 13.9 Å². The van der Waals surface area contributed by atoms with E-state index in [9.17, 15) is 14.4 Å². The minimum Gasteiger partial charge on any atom is -0.342 e. The molecule has 0 aliphatic carbocycles. The van der Waals surface area contributed by atoms with Gasteiger partial charge in [0.2, 0.25) is 11.8 Å². The summed E-state index contributed by atoms with van der Waals surface area (Å²) in [4.78, 5) is 41.2. The highest BCUT2D eigenvalue weighted by atomic mass is 32.1. The van der Waals surface area contributed by atoms with Crippen LogP contribution in [0.4, 0.5) is 4.79 Å². The average Bonchev–Trinajstić information content (AvgIpc) is 3.14. The second kappa shape index (κ2) is 7.24. The van der Waals surface area contributed by atoms with Gasteiger partial charge in [0, 0.05) is 32.0 Å². The maximum absolute atomic E-state index is 12.7. The standard InChI is InChI=1S/C16H25N5O4S/c22-14(13-2-1-11-9-20(13)16(24)21(11)25-26)18-12-5-8-19(15(12)23)10-3-6-17-7-4-10/h10-13,17,26H,1-9H2,(H,18,22)/t11-,12+,13+/m1/s1. The fourth-order valence-electron chi connectivity index (χ4n) is 4.60. The molecule has 2 bridgehead atoms. The van der Waals surface area contributed by atoms with Gasteiger partial charge >= 0.3 is 6.03 Å². The summed E-state index contributed by atoms with van der Waals surface area (Å²) in [5.74, 6) is -0.240. The lowest BCUT2D eigenvalue weighted by Gasteiger charge is -2.32. The first-order valence-corrected chi connectivity index (χ1v) is 9.69. The number of amides is 4. The summed E-state index contributed by atoms with van der Waals surface area (Å²) in [6.45, 7) is 2.99. The summed E-state index contributed by atoms with van der Waals surface area (Å²) >= 11 is 3.73. The van der Waals surface area contributed by atoms with Crippen molar-refractivity contribution in [2.24, 2.45) is 0 Å². The minimum atomic E-state index is -0.548. The Hall–Kier alpha value is -1.52. The van der Waals surface area contributed by atoms with Gasteiger partial charge in [0.1, 0.15) is 12.1 Å². The largest absolute Gasteiger partial charge is 0.345 e. The summed E-state index contributed by atoms with van der Waals surface area (Å²) in [5, 5.41) is 7.41. The molecule has 26 heavy (non-hydrogen) atoms. The average molecular weight is 383 g/mol.